The molecular formula is C17H18F2N2O2S. The highest BCUT2D eigenvalue weighted by atomic mass is 32.2. The maximum Gasteiger partial charge on any atom is 0.243 e. The zero-order valence-corrected chi connectivity index (χ0v) is 13.7. The van der Waals surface area contributed by atoms with Crippen LogP contribution in [-0.2, 0) is 10.0 Å². The van der Waals surface area contributed by atoms with Crippen molar-refractivity contribution in [3.63, 3.8) is 0 Å². The number of nitrogens with two attached hydrogens (primary N) is 1. The molecule has 7 heteroatoms. The molecule has 0 aromatic heterocycles. The topological polar surface area (TPSA) is 63.4 Å². The van der Waals surface area contributed by atoms with Crippen LogP contribution in [0.2, 0.25) is 0 Å². The maximum atomic E-state index is 13.4. The van der Waals surface area contributed by atoms with E-state index in [0.29, 0.717) is 12.6 Å². The molecule has 1 saturated heterocycles. The summed E-state index contributed by atoms with van der Waals surface area (Å²) in [6.45, 7) is 0.811. The first kappa shape index (κ1) is 17.0. The quantitative estimate of drug-likeness (QED) is 0.919. The molecule has 1 aliphatic rings. The molecule has 0 unspecified atom stereocenters. The minimum Gasteiger partial charge on any atom is -0.330 e. The fourth-order valence-corrected chi connectivity index (χ4v) is 4.74. The first-order valence-corrected chi connectivity index (χ1v) is 9.07. The van der Waals surface area contributed by atoms with Crippen LogP contribution in [-0.4, -0.2) is 32.4 Å². The minimum absolute atomic E-state index is 0.0376. The van der Waals surface area contributed by atoms with Gasteiger partial charge in [0.15, 0.2) is 0 Å². The molecule has 2 atom stereocenters. The summed E-state index contributed by atoms with van der Waals surface area (Å²) in [5.41, 5.74) is 6.82. The van der Waals surface area contributed by atoms with E-state index in [-0.39, 0.29) is 29.8 Å². The fraction of sp³-hybridized carbons (Fsp3) is 0.294. The zero-order chi connectivity index (χ0) is 17.3. The molecule has 2 aromatic carbocycles. The van der Waals surface area contributed by atoms with Gasteiger partial charge in [-0.2, -0.15) is 4.31 Å². The molecule has 3 rings (SSSR count). The van der Waals surface area contributed by atoms with Gasteiger partial charge in [-0.3, -0.25) is 0 Å². The molecule has 0 amide bonds. The molecule has 0 spiro atoms. The van der Waals surface area contributed by atoms with Crippen LogP contribution in [0.5, 0.6) is 0 Å². The minimum atomic E-state index is -3.97. The van der Waals surface area contributed by atoms with Gasteiger partial charge in [0.1, 0.15) is 11.6 Å². The van der Waals surface area contributed by atoms with E-state index >= 15 is 0 Å². The van der Waals surface area contributed by atoms with Crippen LogP contribution in [0.3, 0.4) is 0 Å². The SMILES string of the molecule is NC[C@@H]1CN(S(=O)(=O)c2cc(F)cc(F)c2)C[C@H]1c1ccccc1. The number of hydrogen-bond donors (Lipinski definition) is 1. The molecule has 1 fully saturated rings. The Morgan fingerprint density at radius 3 is 2.25 bits per heavy atom. The van der Waals surface area contributed by atoms with Gasteiger partial charge in [-0.1, -0.05) is 30.3 Å². The van der Waals surface area contributed by atoms with Gasteiger partial charge >= 0.3 is 0 Å². The second-order valence-corrected chi connectivity index (χ2v) is 7.88. The Morgan fingerprint density at radius 1 is 1.04 bits per heavy atom. The Hall–Kier alpha value is -1.83. The second-order valence-electron chi connectivity index (χ2n) is 5.94. The van der Waals surface area contributed by atoms with Crippen molar-refractivity contribution in [2.24, 2.45) is 11.7 Å². The highest BCUT2D eigenvalue weighted by Crippen LogP contribution is 2.35. The normalized spacial score (nSPS) is 22.0. The summed E-state index contributed by atoms with van der Waals surface area (Å²) in [5, 5.41) is 0. The summed E-state index contributed by atoms with van der Waals surface area (Å²) in [6, 6.07) is 11.9. The summed E-state index contributed by atoms with van der Waals surface area (Å²) >= 11 is 0. The van der Waals surface area contributed by atoms with Gasteiger partial charge in [-0.05, 0) is 30.2 Å². The first-order valence-electron chi connectivity index (χ1n) is 7.63. The smallest absolute Gasteiger partial charge is 0.243 e. The highest BCUT2D eigenvalue weighted by Gasteiger charge is 2.39. The van der Waals surface area contributed by atoms with E-state index in [2.05, 4.69) is 0 Å². The third kappa shape index (κ3) is 3.19. The second kappa shape index (κ2) is 6.58. The van der Waals surface area contributed by atoms with E-state index in [1.165, 1.54) is 4.31 Å². The van der Waals surface area contributed by atoms with Crippen LogP contribution in [0.15, 0.2) is 53.4 Å². The third-order valence-corrected chi connectivity index (χ3v) is 6.22. The van der Waals surface area contributed by atoms with Crippen molar-refractivity contribution in [3.05, 3.63) is 65.7 Å². The zero-order valence-electron chi connectivity index (χ0n) is 12.9. The van der Waals surface area contributed by atoms with Crippen LogP contribution in [0.1, 0.15) is 11.5 Å². The van der Waals surface area contributed by atoms with Crippen molar-refractivity contribution in [3.8, 4) is 0 Å². The number of hydrogen-bond acceptors (Lipinski definition) is 3. The maximum absolute atomic E-state index is 13.4. The largest absolute Gasteiger partial charge is 0.330 e. The highest BCUT2D eigenvalue weighted by molar-refractivity contribution is 7.89. The van der Waals surface area contributed by atoms with Gasteiger partial charge in [-0.25, -0.2) is 17.2 Å². The Bertz CT molecular complexity index is 807. The molecule has 2 N–H and O–H groups in total. The Morgan fingerprint density at radius 2 is 1.67 bits per heavy atom. The van der Waals surface area contributed by atoms with Crippen LogP contribution in [0.4, 0.5) is 8.78 Å². The van der Waals surface area contributed by atoms with Crippen molar-refractivity contribution in [1.82, 2.24) is 4.31 Å². The molecule has 0 radical (unpaired) electrons. The Balaban J connectivity index is 1.92. The van der Waals surface area contributed by atoms with E-state index in [9.17, 15) is 17.2 Å². The van der Waals surface area contributed by atoms with Crippen LogP contribution in [0, 0.1) is 17.6 Å². The van der Waals surface area contributed by atoms with Gasteiger partial charge in [-0.15, -0.1) is 0 Å². The van der Waals surface area contributed by atoms with Gasteiger partial charge in [0.05, 0.1) is 4.90 Å². The lowest BCUT2D eigenvalue weighted by molar-refractivity contribution is 0.457. The van der Waals surface area contributed by atoms with Gasteiger partial charge in [0.25, 0.3) is 0 Å². The van der Waals surface area contributed by atoms with E-state index < -0.39 is 21.7 Å². The summed E-state index contributed by atoms with van der Waals surface area (Å²) in [7, 11) is -3.97. The van der Waals surface area contributed by atoms with Crippen LogP contribution in [0.25, 0.3) is 0 Å². The molecule has 0 saturated carbocycles. The van der Waals surface area contributed by atoms with E-state index in [4.69, 9.17) is 5.73 Å². The van der Waals surface area contributed by atoms with E-state index in [1.54, 1.807) is 0 Å². The van der Waals surface area contributed by atoms with Crippen molar-refractivity contribution in [2.45, 2.75) is 10.8 Å². The molecule has 1 heterocycles. The summed E-state index contributed by atoms with van der Waals surface area (Å²) < 4.78 is 53.5. The number of nitrogens with zero attached hydrogens (tertiary/aromatic N) is 1. The molecule has 4 nitrogen and oxygen atoms in total. The number of rotatable bonds is 4. The predicted octanol–water partition coefficient (Wildman–Crippen LogP) is 2.33. The lowest BCUT2D eigenvalue weighted by Crippen LogP contribution is -2.30. The molecule has 2 aromatic rings. The Kier molecular flexibility index (Phi) is 4.67. The lowest BCUT2D eigenvalue weighted by atomic mass is 9.89. The van der Waals surface area contributed by atoms with Gasteiger partial charge in [0.2, 0.25) is 10.0 Å². The summed E-state index contributed by atoms with van der Waals surface area (Å²) in [6.07, 6.45) is 0. The van der Waals surface area contributed by atoms with E-state index in [0.717, 1.165) is 17.7 Å². The average Bonchev–Trinajstić information content (AvgIpc) is 3.00. The summed E-state index contributed by atoms with van der Waals surface area (Å²) in [4.78, 5) is -0.371. The first-order chi connectivity index (χ1) is 11.4. The standard InChI is InChI=1S/C17H18F2N2O2S/c18-14-6-15(19)8-16(7-14)24(22,23)21-10-13(9-20)17(11-21)12-4-2-1-3-5-12/h1-8,13,17H,9-11,20H2/t13-,17+/m1/s1. The third-order valence-electron chi connectivity index (χ3n) is 4.41. The monoisotopic (exact) mass is 352 g/mol. The van der Waals surface area contributed by atoms with Crippen molar-refractivity contribution in [1.29, 1.82) is 0 Å². The number of benzene rings is 2. The molecule has 0 aliphatic carbocycles. The molecule has 128 valence electrons. The number of sulfonamides is 1. The van der Waals surface area contributed by atoms with Gasteiger partial charge < -0.3 is 5.73 Å². The van der Waals surface area contributed by atoms with Crippen molar-refractivity contribution in [2.75, 3.05) is 19.6 Å². The Labute approximate surface area is 139 Å². The molecule has 24 heavy (non-hydrogen) atoms. The molecule has 0 bridgehead atoms. The lowest BCUT2D eigenvalue weighted by Gasteiger charge is -2.17. The summed E-state index contributed by atoms with van der Waals surface area (Å²) in [5.74, 6) is -1.91. The van der Waals surface area contributed by atoms with Gasteiger partial charge in [0, 0.05) is 25.1 Å². The van der Waals surface area contributed by atoms with Crippen LogP contribution < -0.4 is 5.73 Å². The molecule has 1 aliphatic heterocycles. The molecular weight excluding hydrogens is 334 g/mol. The van der Waals surface area contributed by atoms with Crippen LogP contribution >= 0.6 is 0 Å². The average molecular weight is 352 g/mol. The predicted molar refractivity (Wildman–Crippen MR) is 86.8 cm³/mol. The van der Waals surface area contributed by atoms with Crippen molar-refractivity contribution < 1.29 is 17.2 Å². The fourth-order valence-electron chi connectivity index (χ4n) is 3.17. The van der Waals surface area contributed by atoms with E-state index in [1.807, 2.05) is 30.3 Å². The van der Waals surface area contributed by atoms with Crippen molar-refractivity contribution >= 4 is 10.0 Å². The number of halogens is 2.